The number of β-amino-alcohol motifs (C(OH)–C–C–N with tert-alkyl or cyclic N) is 1. The molecule has 5 heteroatoms. The van der Waals surface area contributed by atoms with Gasteiger partial charge in [0.1, 0.15) is 5.52 Å². The van der Waals surface area contributed by atoms with Gasteiger partial charge in [0.25, 0.3) is 0 Å². The van der Waals surface area contributed by atoms with E-state index in [-0.39, 0.29) is 6.10 Å². The van der Waals surface area contributed by atoms with E-state index in [1.165, 1.54) is 0 Å². The highest BCUT2D eigenvalue weighted by atomic mass is 16.3. The molecule has 1 saturated heterocycles. The minimum atomic E-state index is -0.237. The van der Waals surface area contributed by atoms with Crippen LogP contribution in [0.5, 0.6) is 0 Å². The van der Waals surface area contributed by atoms with Crippen molar-refractivity contribution in [2.24, 2.45) is 0 Å². The van der Waals surface area contributed by atoms with Crippen LogP contribution in [0.2, 0.25) is 0 Å². The molecule has 0 spiro atoms. The summed E-state index contributed by atoms with van der Waals surface area (Å²) < 4.78 is 1.81. The fourth-order valence-electron chi connectivity index (χ4n) is 2.23. The molecule has 1 N–H and O–H groups in total. The van der Waals surface area contributed by atoms with Gasteiger partial charge in [-0.2, -0.15) is 5.10 Å². The van der Waals surface area contributed by atoms with Crippen LogP contribution in [0.3, 0.4) is 0 Å². The van der Waals surface area contributed by atoms with E-state index in [9.17, 15) is 5.11 Å². The van der Waals surface area contributed by atoms with Gasteiger partial charge in [-0.25, -0.2) is 9.50 Å². The maximum atomic E-state index is 9.67. The molecule has 2 aromatic heterocycles. The first kappa shape index (κ1) is 9.59. The van der Waals surface area contributed by atoms with E-state index in [0.717, 1.165) is 30.7 Å². The Morgan fingerprint density at radius 2 is 2.31 bits per heavy atom. The molecule has 5 nitrogen and oxygen atoms in total. The summed E-state index contributed by atoms with van der Waals surface area (Å²) in [4.78, 5) is 6.52. The molecular weight excluding hydrogens is 204 g/mol. The summed E-state index contributed by atoms with van der Waals surface area (Å²) in [6.45, 7) is 1.62. The highest BCUT2D eigenvalue weighted by Crippen LogP contribution is 2.22. The Kier molecular flexibility index (Phi) is 2.25. The molecule has 0 aliphatic carbocycles. The minimum Gasteiger partial charge on any atom is -0.391 e. The quantitative estimate of drug-likeness (QED) is 0.765. The van der Waals surface area contributed by atoms with Crippen molar-refractivity contribution in [2.75, 3.05) is 18.0 Å². The summed E-state index contributed by atoms with van der Waals surface area (Å²) in [6, 6.07) is 1.95. The Morgan fingerprint density at radius 3 is 3.19 bits per heavy atom. The first-order valence-corrected chi connectivity index (χ1v) is 5.56. The Balaban J connectivity index is 2.01. The summed E-state index contributed by atoms with van der Waals surface area (Å²) in [5, 5.41) is 13.9. The molecular formula is C11H14N4O. The van der Waals surface area contributed by atoms with Gasteiger partial charge in [0, 0.05) is 25.5 Å². The van der Waals surface area contributed by atoms with Crippen molar-refractivity contribution in [3.8, 4) is 0 Å². The lowest BCUT2D eigenvalue weighted by molar-refractivity contribution is 0.154. The minimum absolute atomic E-state index is 0.237. The fourth-order valence-corrected chi connectivity index (χ4v) is 2.23. The molecule has 0 unspecified atom stereocenters. The van der Waals surface area contributed by atoms with Gasteiger partial charge < -0.3 is 10.0 Å². The van der Waals surface area contributed by atoms with E-state index in [4.69, 9.17) is 0 Å². The SMILES string of the molecule is O[C@H]1CCCN(c2nccn3nccc23)C1. The molecule has 1 aliphatic rings. The zero-order chi connectivity index (χ0) is 11.0. The van der Waals surface area contributed by atoms with Crippen LogP contribution in [0.4, 0.5) is 5.82 Å². The number of piperidine rings is 1. The predicted octanol–water partition coefficient (Wildman–Crippen LogP) is 0.690. The normalized spacial score (nSPS) is 21.6. The van der Waals surface area contributed by atoms with E-state index in [1.807, 2.05) is 16.8 Å². The molecule has 0 saturated carbocycles. The summed E-state index contributed by atoms with van der Waals surface area (Å²) in [5.41, 5.74) is 0.997. The van der Waals surface area contributed by atoms with Gasteiger partial charge in [-0.15, -0.1) is 0 Å². The van der Waals surface area contributed by atoms with E-state index in [2.05, 4.69) is 15.0 Å². The van der Waals surface area contributed by atoms with Crippen LogP contribution in [-0.2, 0) is 0 Å². The van der Waals surface area contributed by atoms with E-state index in [1.54, 1.807) is 12.4 Å². The van der Waals surface area contributed by atoms with Gasteiger partial charge in [-0.1, -0.05) is 0 Å². The first-order chi connectivity index (χ1) is 7.84. The number of aliphatic hydroxyl groups excluding tert-OH is 1. The van der Waals surface area contributed by atoms with Gasteiger partial charge in [-0.3, -0.25) is 0 Å². The van der Waals surface area contributed by atoms with Crippen molar-refractivity contribution in [3.05, 3.63) is 24.7 Å². The lowest BCUT2D eigenvalue weighted by Crippen LogP contribution is -2.38. The molecule has 2 aromatic rings. The molecule has 3 rings (SSSR count). The zero-order valence-corrected chi connectivity index (χ0v) is 8.95. The smallest absolute Gasteiger partial charge is 0.154 e. The monoisotopic (exact) mass is 218 g/mol. The molecule has 0 amide bonds. The molecule has 0 bridgehead atoms. The third kappa shape index (κ3) is 1.53. The molecule has 0 aromatic carbocycles. The highest BCUT2D eigenvalue weighted by molar-refractivity contribution is 5.68. The number of nitrogens with zero attached hydrogens (tertiary/aromatic N) is 4. The second-order valence-electron chi connectivity index (χ2n) is 4.15. The van der Waals surface area contributed by atoms with Crippen LogP contribution in [0.25, 0.3) is 5.52 Å². The van der Waals surface area contributed by atoms with E-state index < -0.39 is 0 Å². The predicted molar refractivity (Wildman–Crippen MR) is 60.4 cm³/mol. The van der Waals surface area contributed by atoms with Crippen LogP contribution in [-0.4, -0.2) is 38.9 Å². The average molecular weight is 218 g/mol. The number of rotatable bonds is 1. The molecule has 1 atom stereocenters. The van der Waals surface area contributed by atoms with E-state index in [0.29, 0.717) is 6.54 Å². The van der Waals surface area contributed by atoms with Gasteiger partial charge in [-0.05, 0) is 18.9 Å². The highest BCUT2D eigenvalue weighted by Gasteiger charge is 2.20. The molecule has 0 radical (unpaired) electrons. The number of hydrogen-bond donors (Lipinski definition) is 1. The maximum Gasteiger partial charge on any atom is 0.154 e. The lowest BCUT2D eigenvalue weighted by atomic mass is 10.1. The largest absolute Gasteiger partial charge is 0.391 e. The van der Waals surface area contributed by atoms with Crippen LogP contribution in [0.1, 0.15) is 12.8 Å². The Morgan fingerprint density at radius 1 is 1.38 bits per heavy atom. The van der Waals surface area contributed by atoms with Gasteiger partial charge in [0.05, 0.1) is 12.3 Å². The topological polar surface area (TPSA) is 53.7 Å². The van der Waals surface area contributed by atoms with Crippen molar-refractivity contribution < 1.29 is 5.11 Å². The first-order valence-electron chi connectivity index (χ1n) is 5.56. The summed E-state index contributed by atoms with van der Waals surface area (Å²) in [5.74, 6) is 0.916. The van der Waals surface area contributed by atoms with Crippen molar-refractivity contribution in [1.29, 1.82) is 0 Å². The van der Waals surface area contributed by atoms with Crippen LogP contribution >= 0.6 is 0 Å². The van der Waals surface area contributed by atoms with Crippen LogP contribution < -0.4 is 4.90 Å². The molecule has 16 heavy (non-hydrogen) atoms. The average Bonchev–Trinajstić information content (AvgIpc) is 2.76. The standard InChI is InChI=1S/C11H14N4O/c16-9-2-1-6-14(8-9)11-10-3-4-13-15(10)7-5-12-11/h3-5,7,9,16H,1-2,6,8H2/t9-/m0/s1. The molecule has 1 aliphatic heterocycles. The van der Waals surface area contributed by atoms with Crippen LogP contribution in [0.15, 0.2) is 24.7 Å². The number of aliphatic hydroxyl groups is 1. The van der Waals surface area contributed by atoms with Gasteiger partial charge in [0.2, 0.25) is 0 Å². The zero-order valence-electron chi connectivity index (χ0n) is 8.95. The third-order valence-electron chi connectivity index (χ3n) is 3.00. The number of hydrogen-bond acceptors (Lipinski definition) is 4. The summed E-state index contributed by atoms with van der Waals surface area (Å²) in [6.07, 6.45) is 7.01. The number of anilines is 1. The van der Waals surface area contributed by atoms with Gasteiger partial charge in [0.15, 0.2) is 5.82 Å². The lowest BCUT2D eigenvalue weighted by Gasteiger charge is -2.31. The Hall–Kier alpha value is -1.62. The second-order valence-corrected chi connectivity index (χ2v) is 4.15. The van der Waals surface area contributed by atoms with Gasteiger partial charge >= 0.3 is 0 Å². The Bertz CT molecular complexity index is 495. The number of fused-ring (bicyclic) bond motifs is 1. The number of aromatic nitrogens is 3. The van der Waals surface area contributed by atoms with Crippen molar-refractivity contribution >= 4 is 11.3 Å². The second kappa shape index (κ2) is 3.75. The van der Waals surface area contributed by atoms with Crippen molar-refractivity contribution in [2.45, 2.75) is 18.9 Å². The summed E-state index contributed by atoms with van der Waals surface area (Å²) >= 11 is 0. The third-order valence-corrected chi connectivity index (χ3v) is 3.00. The summed E-state index contributed by atoms with van der Waals surface area (Å²) in [7, 11) is 0. The van der Waals surface area contributed by atoms with E-state index >= 15 is 0 Å². The molecule has 84 valence electrons. The fraction of sp³-hybridized carbons (Fsp3) is 0.455. The van der Waals surface area contributed by atoms with Crippen LogP contribution in [0, 0.1) is 0 Å². The van der Waals surface area contributed by atoms with Crippen molar-refractivity contribution in [1.82, 2.24) is 14.6 Å². The Labute approximate surface area is 93.3 Å². The molecule has 3 heterocycles. The maximum absolute atomic E-state index is 9.67. The van der Waals surface area contributed by atoms with Crippen molar-refractivity contribution in [3.63, 3.8) is 0 Å². The molecule has 1 fully saturated rings.